The second kappa shape index (κ2) is 6.58. The van der Waals surface area contributed by atoms with Gasteiger partial charge in [-0.3, -0.25) is 4.79 Å². The van der Waals surface area contributed by atoms with Crippen LogP contribution in [0.3, 0.4) is 0 Å². The lowest BCUT2D eigenvalue weighted by atomic mass is 10.2. The zero-order valence-electron chi connectivity index (χ0n) is 11.5. The van der Waals surface area contributed by atoms with Crippen LogP contribution in [-0.4, -0.2) is 21.6 Å². The molecule has 0 fully saturated rings. The van der Waals surface area contributed by atoms with Gasteiger partial charge in [0, 0.05) is 22.9 Å². The number of rotatable bonds is 5. The van der Waals surface area contributed by atoms with Crippen molar-refractivity contribution in [3.05, 3.63) is 52.3 Å². The lowest BCUT2D eigenvalue weighted by Gasteiger charge is -2.10. The number of benzene rings is 1. The second-order valence-electron chi connectivity index (χ2n) is 4.57. The first-order chi connectivity index (χ1) is 10.0. The highest BCUT2D eigenvalue weighted by Crippen LogP contribution is 2.20. The number of carbonyl (C=O) groups excluding carboxylic acids is 1. The Labute approximate surface area is 130 Å². The number of anilines is 1. The first-order valence-electron chi connectivity index (χ1n) is 6.51. The van der Waals surface area contributed by atoms with Gasteiger partial charge in [-0.25, -0.2) is 4.79 Å². The summed E-state index contributed by atoms with van der Waals surface area (Å²) in [5.41, 5.74) is 1.10. The van der Waals surface area contributed by atoms with E-state index in [4.69, 9.17) is 5.11 Å². The Morgan fingerprint density at radius 3 is 2.76 bits per heavy atom. The molecule has 0 saturated carbocycles. The van der Waals surface area contributed by atoms with E-state index in [1.165, 1.54) is 12.1 Å². The van der Waals surface area contributed by atoms with Crippen LogP contribution in [0.2, 0.25) is 0 Å². The van der Waals surface area contributed by atoms with E-state index in [2.05, 4.69) is 21.2 Å². The molecular formula is C15H15BrN2O3. The fraction of sp³-hybridized carbons (Fsp3) is 0.200. The van der Waals surface area contributed by atoms with Crippen molar-refractivity contribution < 1.29 is 14.7 Å². The minimum Gasteiger partial charge on any atom is -0.478 e. The van der Waals surface area contributed by atoms with Crippen molar-refractivity contribution in [3.63, 3.8) is 0 Å². The number of aryl methyl sites for hydroxylation is 1. The highest BCUT2D eigenvalue weighted by Gasteiger charge is 2.12. The van der Waals surface area contributed by atoms with Gasteiger partial charge >= 0.3 is 5.97 Å². The molecule has 1 amide bonds. The maximum Gasteiger partial charge on any atom is 0.335 e. The molecule has 1 aromatic carbocycles. The van der Waals surface area contributed by atoms with Crippen molar-refractivity contribution >= 4 is 33.5 Å². The fourth-order valence-corrected chi connectivity index (χ4v) is 2.53. The highest BCUT2D eigenvalue weighted by molar-refractivity contribution is 9.10. The van der Waals surface area contributed by atoms with Gasteiger partial charge in [0.2, 0.25) is 0 Å². The number of nitrogens with one attached hydrogen (secondary N) is 1. The second-order valence-corrected chi connectivity index (χ2v) is 5.49. The molecule has 0 aliphatic rings. The van der Waals surface area contributed by atoms with Crippen LogP contribution in [-0.2, 0) is 6.54 Å². The Morgan fingerprint density at radius 1 is 1.33 bits per heavy atom. The Kier molecular flexibility index (Phi) is 4.80. The molecule has 0 spiro atoms. The van der Waals surface area contributed by atoms with Crippen molar-refractivity contribution in [1.29, 1.82) is 0 Å². The number of halogens is 1. The SMILES string of the molecule is CCCn1cccc1C(=O)Nc1cc(Br)cc(C(=O)O)c1. The molecule has 0 aliphatic carbocycles. The monoisotopic (exact) mass is 350 g/mol. The lowest BCUT2D eigenvalue weighted by molar-refractivity contribution is 0.0696. The van der Waals surface area contributed by atoms with Crippen LogP contribution in [0.1, 0.15) is 34.2 Å². The number of hydrogen-bond acceptors (Lipinski definition) is 2. The average molecular weight is 351 g/mol. The maximum absolute atomic E-state index is 12.3. The molecule has 1 aromatic heterocycles. The predicted molar refractivity (Wildman–Crippen MR) is 83.8 cm³/mol. The molecule has 1 heterocycles. The van der Waals surface area contributed by atoms with Gasteiger partial charge in [0.15, 0.2) is 0 Å². The summed E-state index contributed by atoms with van der Waals surface area (Å²) in [5.74, 6) is -1.30. The minimum atomic E-state index is -1.04. The van der Waals surface area contributed by atoms with Gasteiger partial charge in [-0.1, -0.05) is 22.9 Å². The lowest BCUT2D eigenvalue weighted by Crippen LogP contribution is -2.17. The van der Waals surface area contributed by atoms with Gasteiger partial charge in [0.05, 0.1) is 5.56 Å². The average Bonchev–Trinajstić information content (AvgIpc) is 2.86. The third-order valence-electron chi connectivity index (χ3n) is 2.93. The van der Waals surface area contributed by atoms with Crippen molar-refractivity contribution in [1.82, 2.24) is 4.57 Å². The Balaban J connectivity index is 2.23. The summed E-state index contributed by atoms with van der Waals surface area (Å²) < 4.78 is 2.47. The smallest absolute Gasteiger partial charge is 0.335 e. The molecule has 2 rings (SSSR count). The predicted octanol–water partition coefficient (Wildman–Crippen LogP) is 3.61. The van der Waals surface area contributed by atoms with Crippen molar-refractivity contribution in [2.45, 2.75) is 19.9 Å². The van der Waals surface area contributed by atoms with Crippen LogP contribution in [0.15, 0.2) is 41.0 Å². The summed E-state index contributed by atoms with van der Waals surface area (Å²) >= 11 is 3.24. The molecule has 0 saturated heterocycles. The van der Waals surface area contributed by atoms with Gasteiger partial charge in [-0.05, 0) is 36.8 Å². The molecule has 0 bridgehead atoms. The summed E-state index contributed by atoms with van der Waals surface area (Å²) in [4.78, 5) is 23.3. The molecule has 21 heavy (non-hydrogen) atoms. The fourth-order valence-electron chi connectivity index (χ4n) is 2.04. The number of hydrogen-bond donors (Lipinski definition) is 2. The van der Waals surface area contributed by atoms with Crippen LogP contribution in [0.25, 0.3) is 0 Å². The topological polar surface area (TPSA) is 71.3 Å². The van der Waals surface area contributed by atoms with E-state index in [1.807, 2.05) is 23.8 Å². The molecule has 0 radical (unpaired) electrons. The largest absolute Gasteiger partial charge is 0.478 e. The first-order valence-corrected chi connectivity index (χ1v) is 7.31. The zero-order valence-corrected chi connectivity index (χ0v) is 13.1. The van der Waals surface area contributed by atoms with E-state index in [0.717, 1.165) is 13.0 Å². The highest BCUT2D eigenvalue weighted by atomic mass is 79.9. The molecule has 2 N–H and O–H groups in total. The Morgan fingerprint density at radius 2 is 2.10 bits per heavy atom. The molecule has 0 aliphatic heterocycles. The van der Waals surface area contributed by atoms with Gasteiger partial charge in [-0.2, -0.15) is 0 Å². The van der Waals surface area contributed by atoms with Crippen molar-refractivity contribution in [3.8, 4) is 0 Å². The summed E-state index contributed by atoms with van der Waals surface area (Å²) in [6.45, 7) is 2.80. The number of carboxylic acid groups (broad SMARTS) is 1. The van der Waals surface area contributed by atoms with E-state index in [0.29, 0.717) is 15.9 Å². The van der Waals surface area contributed by atoms with Crippen molar-refractivity contribution in [2.24, 2.45) is 0 Å². The summed E-state index contributed by atoms with van der Waals surface area (Å²) in [6, 6.07) is 8.13. The van der Waals surface area contributed by atoms with Gasteiger partial charge in [0.1, 0.15) is 5.69 Å². The zero-order chi connectivity index (χ0) is 15.4. The van der Waals surface area contributed by atoms with Crippen LogP contribution in [0.5, 0.6) is 0 Å². The third kappa shape index (κ3) is 3.72. The molecule has 0 atom stereocenters. The number of aromatic carboxylic acids is 1. The standard InChI is InChI=1S/C15H15BrN2O3/c1-2-5-18-6-3-4-13(18)14(19)17-12-8-10(15(20)21)7-11(16)9-12/h3-4,6-9H,2,5H2,1H3,(H,17,19)(H,20,21). The maximum atomic E-state index is 12.3. The third-order valence-corrected chi connectivity index (χ3v) is 3.39. The Bertz CT molecular complexity index is 679. The van der Waals surface area contributed by atoms with Crippen LogP contribution < -0.4 is 5.32 Å². The van der Waals surface area contributed by atoms with Gasteiger partial charge < -0.3 is 15.0 Å². The number of carboxylic acids is 1. The number of nitrogens with zero attached hydrogens (tertiary/aromatic N) is 1. The van der Waals surface area contributed by atoms with E-state index < -0.39 is 5.97 Å². The summed E-state index contributed by atoms with van der Waals surface area (Å²) in [7, 11) is 0. The van der Waals surface area contributed by atoms with Crippen LogP contribution >= 0.6 is 15.9 Å². The molecular weight excluding hydrogens is 336 g/mol. The minimum absolute atomic E-state index is 0.114. The van der Waals surface area contributed by atoms with Gasteiger partial charge in [0.25, 0.3) is 5.91 Å². The molecule has 0 unspecified atom stereocenters. The quantitative estimate of drug-likeness (QED) is 0.865. The van der Waals surface area contributed by atoms with E-state index in [-0.39, 0.29) is 11.5 Å². The number of carbonyl (C=O) groups is 2. The first kappa shape index (κ1) is 15.3. The van der Waals surface area contributed by atoms with Gasteiger partial charge in [-0.15, -0.1) is 0 Å². The van der Waals surface area contributed by atoms with E-state index in [9.17, 15) is 9.59 Å². The molecule has 2 aromatic rings. The molecule has 110 valence electrons. The van der Waals surface area contributed by atoms with Crippen LogP contribution in [0, 0.1) is 0 Å². The normalized spacial score (nSPS) is 10.4. The van der Waals surface area contributed by atoms with Crippen LogP contribution in [0.4, 0.5) is 5.69 Å². The summed E-state index contributed by atoms with van der Waals surface area (Å²) in [5, 5.41) is 11.8. The van der Waals surface area contributed by atoms with E-state index >= 15 is 0 Å². The van der Waals surface area contributed by atoms with E-state index in [1.54, 1.807) is 12.1 Å². The summed E-state index contributed by atoms with van der Waals surface area (Å²) in [6.07, 6.45) is 2.77. The van der Waals surface area contributed by atoms with Crippen molar-refractivity contribution in [2.75, 3.05) is 5.32 Å². The number of aromatic nitrogens is 1. The number of amides is 1. The molecule has 5 nitrogen and oxygen atoms in total. The molecule has 6 heteroatoms. The Hall–Kier alpha value is -2.08.